The highest BCUT2D eigenvalue weighted by Crippen LogP contribution is 2.12. The van der Waals surface area contributed by atoms with Gasteiger partial charge in [-0.05, 0) is 0 Å². The monoisotopic (exact) mass is 270 g/mol. The molecular formula is C11H14N2O6. The van der Waals surface area contributed by atoms with Crippen molar-refractivity contribution in [1.29, 1.82) is 0 Å². The van der Waals surface area contributed by atoms with Crippen LogP contribution in [0.3, 0.4) is 0 Å². The van der Waals surface area contributed by atoms with Crippen LogP contribution in [-0.2, 0) is 20.9 Å². The molecule has 19 heavy (non-hydrogen) atoms. The number of nitrogens with zero attached hydrogens (tertiary/aromatic N) is 2. The lowest BCUT2D eigenvalue weighted by atomic mass is 10.2. The molecule has 1 aliphatic heterocycles. The first-order valence-electron chi connectivity index (χ1n) is 5.70. The minimum Gasteiger partial charge on any atom is -0.479 e. The lowest BCUT2D eigenvalue weighted by Crippen LogP contribution is -2.48. The minimum atomic E-state index is -1.09. The van der Waals surface area contributed by atoms with E-state index in [1.807, 2.05) is 0 Å². The van der Waals surface area contributed by atoms with Crippen molar-refractivity contribution in [3.8, 4) is 0 Å². The molecule has 1 N–H and O–H groups in total. The Morgan fingerprint density at radius 1 is 1.63 bits per heavy atom. The highest BCUT2D eigenvalue weighted by molar-refractivity contribution is 5.92. The maximum atomic E-state index is 12.1. The number of carboxylic acid groups (broad SMARTS) is 1. The van der Waals surface area contributed by atoms with Gasteiger partial charge in [-0.15, -0.1) is 0 Å². The van der Waals surface area contributed by atoms with E-state index in [-0.39, 0.29) is 31.4 Å². The SMILES string of the molecule is COCc1cc(C(=O)N2CCOC(C(=O)O)C2)no1. The van der Waals surface area contributed by atoms with E-state index in [2.05, 4.69) is 5.16 Å². The normalized spacial score (nSPS) is 19.4. The van der Waals surface area contributed by atoms with Gasteiger partial charge in [0.15, 0.2) is 17.6 Å². The average molecular weight is 270 g/mol. The van der Waals surface area contributed by atoms with Gasteiger partial charge in [-0.2, -0.15) is 0 Å². The van der Waals surface area contributed by atoms with Crippen molar-refractivity contribution in [3.05, 3.63) is 17.5 Å². The standard InChI is InChI=1S/C11H14N2O6/c1-17-6-7-4-8(12-19-7)10(14)13-2-3-18-9(5-13)11(15)16/h4,9H,2-3,5-6H2,1H3,(H,15,16). The van der Waals surface area contributed by atoms with Crippen molar-refractivity contribution >= 4 is 11.9 Å². The smallest absolute Gasteiger partial charge is 0.334 e. The Morgan fingerprint density at radius 2 is 2.42 bits per heavy atom. The summed E-state index contributed by atoms with van der Waals surface area (Å²) < 4.78 is 14.8. The van der Waals surface area contributed by atoms with Crippen molar-refractivity contribution in [1.82, 2.24) is 10.1 Å². The van der Waals surface area contributed by atoms with Crippen LogP contribution in [0, 0.1) is 0 Å². The number of amides is 1. The van der Waals surface area contributed by atoms with E-state index >= 15 is 0 Å². The van der Waals surface area contributed by atoms with Gasteiger partial charge in [0.25, 0.3) is 5.91 Å². The first-order chi connectivity index (χ1) is 9.11. The van der Waals surface area contributed by atoms with Gasteiger partial charge in [-0.25, -0.2) is 4.79 Å². The second-order valence-electron chi connectivity index (χ2n) is 4.06. The van der Waals surface area contributed by atoms with E-state index in [9.17, 15) is 9.59 Å². The van der Waals surface area contributed by atoms with Crippen LogP contribution in [0.4, 0.5) is 0 Å². The lowest BCUT2D eigenvalue weighted by Gasteiger charge is -2.30. The second kappa shape index (κ2) is 5.81. The van der Waals surface area contributed by atoms with Crippen molar-refractivity contribution in [2.45, 2.75) is 12.7 Å². The summed E-state index contributed by atoms with van der Waals surface area (Å²) in [6.45, 7) is 0.738. The van der Waals surface area contributed by atoms with Gasteiger partial charge in [0.2, 0.25) is 0 Å². The summed E-state index contributed by atoms with van der Waals surface area (Å²) in [7, 11) is 1.50. The molecule has 0 aromatic carbocycles. The Kier molecular flexibility index (Phi) is 4.13. The van der Waals surface area contributed by atoms with Gasteiger partial charge >= 0.3 is 5.97 Å². The van der Waals surface area contributed by atoms with Crippen molar-refractivity contribution in [3.63, 3.8) is 0 Å². The Bertz CT molecular complexity index is 472. The number of rotatable bonds is 4. The molecule has 2 heterocycles. The molecule has 8 heteroatoms. The van der Waals surface area contributed by atoms with E-state index < -0.39 is 12.1 Å². The summed E-state index contributed by atoms with van der Waals surface area (Å²) >= 11 is 0. The molecule has 1 unspecified atom stereocenters. The van der Waals surface area contributed by atoms with Gasteiger partial charge in [0.05, 0.1) is 13.2 Å². The molecule has 1 aliphatic rings. The number of hydrogen-bond donors (Lipinski definition) is 1. The van der Waals surface area contributed by atoms with E-state index in [1.54, 1.807) is 0 Å². The van der Waals surface area contributed by atoms with Crippen LogP contribution >= 0.6 is 0 Å². The molecule has 104 valence electrons. The van der Waals surface area contributed by atoms with Gasteiger partial charge in [0.1, 0.15) is 6.61 Å². The molecule has 1 atom stereocenters. The first-order valence-corrected chi connectivity index (χ1v) is 5.70. The lowest BCUT2D eigenvalue weighted by molar-refractivity contribution is -0.154. The van der Waals surface area contributed by atoms with Crippen LogP contribution in [0.1, 0.15) is 16.2 Å². The van der Waals surface area contributed by atoms with Crippen molar-refractivity contribution in [2.75, 3.05) is 26.8 Å². The van der Waals surface area contributed by atoms with Crippen LogP contribution in [-0.4, -0.2) is 59.9 Å². The Hall–Kier alpha value is -1.93. The van der Waals surface area contributed by atoms with Gasteiger partial charge in [-0.1, -0.05) is 5.16 Å². The molecule has 1 aromatic rings. The molecular weight excluding hydrogens is 256 g/mol. The summed E-state index contributed by atoms with van der Waals surface area (Å²) in [6, 6.07) is 1.48. The number of carbonyl (C=O) groups is 2. The highest BCUT2D eigenvalue weighted by atomic mass is 16.5. The number of aromatic nitrogens is 1. The van der Waals surface area contributed by atoms with Crippen LogP contribution in [0.2, 0.25) is 0 Å². The largest absolute Gasteiger partial charge is 0.479 e. The molecule has 1 fully saturated rings. The maximum Gasteiger partial charge on any atom is 0.334 e. The summed E-state index contributed by atoms with van der Waals surface area (Å²) in [6.07, 6.45) is -0.997. The number of methoxy groups -OCH3 is 1. The molecule has 8 nitrogen and oxygen atoms in total. The molecule has 1 saturated heterocycles. The van der Waals surface area contributed by atoms with Crippen LogP contribution < -0.4 is 0 Å². The Morgan fingerprint density at radius 3 is 3.11 bits per heavy atom. The van der Waals surface area contributed by atoms with Crippen molar-refractivity contribution < 1.29 is 28.7 Å². The first kappa shape index (κ1) is 13.5. The molecule has 0 bridgehead atoms. The summed E-state index contributed by atoms with van der Waals surface area (Å²) in [4.78, 5) is 24.3. The fourth-order valence-corrected chi connectivity index (χ4v) is 1.77. The Labute approximate surface area is 108 Å². The fourth-order valence-electron chi connectivity index (χ4n) is 1.77. The summed E-state index contributed by atoms with van der Waals surface area (Å²) in [5.41, 5.74) is 0.137. The van der Waals surface area contributed by atoms with Crippen LogP contribution in [0.15, 0.2) is 10.6 Å². The molecule has 1 aromatic heterocycles. The van der Waals surface area contributed by atoms with Gasteiger partial charge in [-0.3, -0.25) is 4.79 Å². The zero-order chi connectivity index (χ0) is 13.8. The molecule has 0 aliphatic carbocycles. The number of carbonyl (C=O) groups excluding carboxylic acids is 1. The number of hydrogen-bond acceptors (Lipinski definition) is 6. The van der Waals surface area contributed by atoms with E-state index in [0.29, 0.717) is 12.3 Å². The number of aliphatic carboxylic acids is 1. The zero-order valence-electron chi connectivity index (χ0n) is 10.4. The molecule has 0 saturated carbocycles. The third-order valence-electron chi connectivity index (χ3n) is 2.69. The van der Waals surface area contributed by atoms with Crippen molar-refractivity contribution in [2.24, 2.45) is 0 Å². The zero-order valence-corrected chi connectivity index (χ0v) is 10.4. The second-order valence-corrected chi connectivity index (χ2v) is 4.06. The minimum absolute atomic E-state index is 0.000633. The molecule has 0 spiro atoms. The third-order valence-corrected chi connectivity index (χ3v) is 2.69. The molecule has 0 radical (unpaired) electrons. The molecule has 1 amide bonds. The van der Waals surface area contributed by atoms with Gasteiger partial charge in [0, 0.05) is 19.7 Å². The highest BCUT2D eigenvalue weighted by Gasteiger charge is 2.30. The number of carboxylic acids is 1. The topological polar surface area (TPSA) is 102 Å². The number of morpholine rings is 1. The average Bonchev–Trinajstić information content (AvgIpc) is 2.87. The van der Waals surface area contributed by atoms with Gasteiger partial charge < -0.3 is 24.0 Å². The van der Waals surface area contributed by atoms with Crippen LogP contribution in [0.25, 0.3) is 0 Å². The quantitative estimate of drug-likeness (QED) is 0.804. The third kappa shape index (κ3) is 3.09. The van der Waals surface area contributed by atoms with E-state index in [4.69, 9.17) is 19.1 Å². The predicted octanol–water partition coefficient (Wildman–Crippen LogP) is -0.253. The number of ether oxygens (including phenoxy) is 2. The van der Waals surface area contributed by atoms with Crippen LogP contribution in [0.5, 0.6) is 0 Å². The van der Waals surface area contributed by atoms with E-state index in [0.717, 1.165) is 0 Å². The maximum absolute atomic E-state index is 12.1. The fraction of sp³-hybridized carbons (Fsp3) is 0.545. The van der Waals surface area contributed by atoms with E-state index in [1.165, 1.54) is 18.1 Å². The Balaban J connectivity index is 2.03. The summed E-state index contributed by atoms with van der Waals surface area (Å²) in [5.74, 6) is -1.02. The molecule has 2 rings (SSSR count). The predicted molar refractivity (Wildman–Crippen MR) is 60.5 cm³/mol. The summed E-state index contributed by atoms with van der Waals surface area (Å²) in [5, 5.41) is 12.5.